The average molecular weight is 376 g/mol. The second kappa shape index (κ2) is 8.46. The van der Waals surface area contributed by atoms with Crippen LogP contribution in [0.4, 0.5) is 23.7 Å². The Morgan fingerprint density at radius 3 is 2.60 bits per heavy atom. The van der Waals surface area contributed by atoms with Crippen LogP contribution in [-0.4, -0.2) is 42.1 Å². The molecule has 1 aromatic carbocycles. The van der Waals surface area contributed by atoms with E-state index in [1.807, 2.05) is 0 Å². The molecule has 1 aliphatic heterocycles. The number of hydrogen-bond donors (Lipinski definition) is 1. The van der Waals surface area contributed by atoms with Gasteiger partial charge in [0, 0.05) is 23.7 Å². The molecule has 0 saturated carbocycles. The standard InChI is InChI=1S/C16H19F3N2O3S/c1-2-24-14(22)11-4-3-9-21(10-11)15(23)20-12-5-7-13(8-6-12)25-16(17,18)19/h5-8,11H,2-4,9-10H2,1H3,(H,20,23). The lowest BCUT2D eigenvalue weighted by molar-refractivity contribution is -0.149. The zero-order valence-electron chi connectivity index (χ0n) is 13.6. The van der Waals surface area contributed by atoms with Gasteiger partial charge in [-0.05, 0) is 55.8 Å². The van der Waals surface area contributed by atoms with Crippen molar-refractivity contribution in [1.29, 1.82) is 0 Å². The number of carbonyl (C=O) groups excluding carboxylic acids is 2. The van der Waals surface area contributed by atoms with E-state index in [1.165, 1.54) is 29.2 Å². The maximum atomic E-state index is 12.3. The predicted octanol–water partition coefficient (Wildman–Crippen LogP) is 4.11. The molecule has 0 radical (unpaired) electrons. The number of likely N-dealkylation sites (tertiary alicyclic amines) is 1. The largest absolute Gasteiger partial charge is 0.466 e. The molecule has 2 rings (SSSR count). The summed E-state index contributed by atoms with van der Waals surface area (Å²) in [5.41, 5.74) is -3.95. The van der Waals surface area contributed by atoms with Crippen molar-refractivity contribution >= 4 is 29.4 Å². The number of nitrogens with one attached hydrogen (secondary N) is 1. The lowest BCUT2D eigenvalue weighted by atomic mass is 9.98. The van der Waals surface area contributed by atoms with E-state index in [4.69, 9.17) is 4.74 Å². The van der Waals surface area contributed by atoms with Gasteiger partial charge in [0.25, 0.3) is 0 Å². The highest BCUT2D eigenvalue weighted by atomic mass is 32.2. The number of esters is 1. The second-order valence-electron chi connectivity index (χ2n) is 5.54. The molecule has 9 heteroatoms. The third kappa shape index (κ3) is 6.15. The molecule has 0 aliphatic carbocycles. The summed E-state index contributed by atoms with van der Waals surface area (Å²) < 4.78 is 41.9. The van der Waals surface area contributed by atoms with Crippen LogP contribution in [0, 0.1) is 5.92 Å². The van der Waals surface area contributed by atoms with Gasteiger partial charge in [-0.25, -0.2) is 4.79 Å². The van der Waals surface area contributed by atoms with Gasteiger partial charge in [0.15, 0.2) is 0 Å². The molecule has 2 amide bonds. The highest BCUT2D eigenvalue weighted by Crippen LogP contribution is 2.37. The summed E-state index contributed by atoms with van der Waals surface area (Å²) in [6.45, 7) is 2.81. The molecule has 1 saturated heterocycles. The molecular formula is C16H19F3N2O3S. The van der Waals surface area contributed by atoms with Crippen LogP contribution in [0.1, 0.15) is 19.8 Å². The number of thioether (sulfide) groups is 1. The SMILES string of the molecule is CCOC(=O)C1CCCN(C(=O)Nc2ccc(SC(F)(F)F)cc2)C1. The third-order valence-corrected chi connectivity index (χ3v) is 4.41. The number of carbonyl (C=O) groups is 2. The predicted molar refractivity (Wildman–Crippen MR) is 88.3 cm³/mol. The number of anilines is 1. The van der Waals surface area contributed by atoms with Gasteiger partial charge >= 0.3 is 17.5 Å². The summed E-state index contributed by atoms with van der Waals surface area (Å²) in [7, 11) is 0. The summed E-state index contributed by atoms with van der Waals surface area (Å²) in [6.07, 6.45) is 1.37. The van der Waals surface area contributed by atoms with Gasteiger partial charge in [-0.15, -0.1) is 0 Å². The van der Waals surface area contributed by atoms with E-state index in [0.717, 1.165) is 0 Å². The molecule has 1 aromatic rings. The van der Waals surface area contributed by atoms with Gasteiger partial charge in [0.05, 0.1) is 12.5 Å². The summed E-state index contributed by atoms with van der Waals surface area (Å²) in [6, 6.07) is 5.04. The van der Waals surface area contributed by atoms with Crippen molar-refractivity contribution in [2.45, 2.75) is 30.2 Å². The van der Waals surface area contributed by atoms with Crippen LogP contribution in [0.15, 0.2) is 29.2 Å². The van der Waals surface area contributed by atoms with Crippen molar-refractivity contribution in [3.63, 3.8) is 0 Å². The third-order valence-electron chi connectivity index (χ3n) is 3.67. The van der Waals surface area contributed by atoms with Crippen LogP contribution in [-0.2, 0) is 9.53 Å². The summed E-state index contributed by atoms with van der Waals surface area (Å²) >= 11 is -0.210. The smallest absolute Gasteiger partial charge is 0.446 e. The van der Waals surface area contributed by atoms with E-state index in [2.05, 4.69) is 5.32 Å². The van der Waals surface area contributed by atoms with Crippen LogP contribution >= 0.6 is 11.8 Å². The number of benzene rings is 1. The zero-order chi connectivity index (χ0) is 18.4. The van der Waals surface area contributed by atoms with Crippen molar-refractivity contribution < 1.29 is 27.5 Å². The van der Waals surface area contributed by atoms with E-state index < -0.39 is 5.51 Å². The Morgan fingerprint density at radius 2 is 2.00 bits per heavy atom. The Kier molecular flexibility index (Phi) is 6.57. The second-order valence-corrected chi connectivity index (χ2v) is 6.68. The number of rotatable bonds is 4. The fourth-order valence-electron chi connectivity index (χ4n) is 2.56. The monoisotopic (exact) mass is 376 g/mol. The first-order valence-electron chi connectivity index (χ1n) is 7.87. The fourth-order valence-corrected chi connectivity index (χ4v) is 3.10. The van der Waals surface area contributed by atoms with Crippen molar-refractivity contribution in [2.75, 3.05) is 25.0 Å². The lowest BCUT2D eigenvalue weighted by Crippen LogP contribution is -2.44. The Labute approximate surface area is 147 Å². The van der Waals surface area contributed by atoms with E-state index in [9.17, 15) is 22.8 Å². The van der Waals surface area contributed by atoms with Crippen molar-refractivity contribution in [3.05, 3.63) is 24.3 Å². The van der Waals surface area contributed by atoms with Gasteiger partial charge in [-0.3, -0.25) is 4.79 Å². The Morgan fingerprint density at radius 1 is 1.32 bits per heavy atom. The van der Waals surface area contributed by atoms with Crippen LogP contribution in [0.5, 0.6) is 0 Å². The average Bonchev–Trinajstić information content (AvgIpc) is 2.55. The lowest BCUT2D eigenvalue weighted by Gasteiger charge is -2.31. The van der Waals surface area contributed by atoms with E-state index in [1.54, 1.807) is 6.92 Å². The Bertz CT molecular complexity index is 608. The molecule has 1 heterocycles. The first-order valence-corrected chi connectivity index (χ1v) is 8.68. The molecule has 0 bridgehead atoms. The minimum atomic E-state index is -4.35. The number of amides is 2. The van der Waals surface area contributed by atoms with Gasteiger partial charge in [0.2, 0.25) is 0 Å². The number of halogens is 3. The van der Waals surface area contributed by atoms with Gasteiger partial charge in [0.1, 0.15) is 0 Å². The minimum absolute atomic E-state index is 0.0471. The van der Waals surface area contributed by atoms with E-state index >= 15 is 0 Å². The van der Waals surface area contributed by atoms with Crippen LogP contribution in [0.25, 0.3) is 0 Å². The van der Waals surface area contributed by atoms with Gasteiger partial charge in [-0.1, -0.05) is 0 Å². The van der Waals surface area contributed by atoms with Crippen molar-refractivity contribution in [2.24, 2.45) is 5.92 Å². The summed E-state index contributed by atoms with van der Waals surface area (Å²) in [5, 5.41) is 2.64. The van der Waals surface area contributed by atoms with Crippen LogP contribution in [0.3, 0.4) is 0 Å². The Hall–Kier alpha value is -1.90. The van der Waals surface area contributed by atoms with Crippen LogP contribution < -0.4 is 5.32 Å². The molecule has 25 heavy (non-hydrogen) atoms. The highest BCUT2D eigenvalue weighted by Gasteiger charge is 2.30. The molecule has 0 aromatic heterocycles. The first kappa shape index (κ1) is 19.4. The first-order chi connectivity index (χ1) is 11.8. The van der Waals surface area contributed by atoms with Gasteiger partial charge in [-0.2, -0.15) is 13.2 Å². The van der Waals surface area contributed by atoms with Crippen molar-refractivity contribution in [1.82, 2.24) is 4.90 Å². The number of piperidine rings is 1. The highest BCUT2D eigenvalue weighted by molar-refractivity contribution is 8.00. The van der Waals surface area contributed by atoms with Crippen LogP contribution in [0.2, 0.25) is 0 Å². The summed E-state index contributed by atoms with van der Waals surface area (Å²) in [4.78, 5) is 25.7. The quantitative estimate of drug-likeness (QED) is 0.635. The number of hydrogen-bond acceptors (Lipinski definition) is 4. The van der Waals surface area contributed by atoms with E-state index in [0.29, 0.717) is 31.7 Å². The van der Waals surface area contributed by atoms with Gasteiger partial charge < -0.3 is 15.0 Å². The molecule has 138 valence electrons. The molecule has 1 atom stereocenters. The van der Waals surface area contributed by atoms with E-state index in [-0.39, 0.29) is 41.1 Å². The molecular weight excluding hydrogens is 357 g/mol. The zero-order valence-corrected chi connectivity index (χ0v) is 14.5. The fraction of sp³-hybridized carbons (Fsp3) is 0.500. The maximum absolute atomic E-state index is 12.3. The summed E-state index contributed by atoms with van der Waals surface area (Å²) in [5.74, 6) is -0.654. The molecule has 1 aliphatic rings. The number of urea groups is 1. The molecule has 5 nitrogen and oxygen atoms in total. The number of nitrogens with zero attached hydrogens (tertiary/aromatic N) is 1. The normalized spacial score (nSPS) is 17.9. The topological polar surface area (TPSA) is 58.6 Å². The number of alkyl halides is 3. The Balaban J connectivity index is 1.91. The molecule has 1 unspecified atom stereocenters. The van der Waals surface area contributed by atoms with Crippen molar-refractivity contribution in [3.8, 4) is 0 Å². The molecule has 1 N–H and O–H groups in total. The minimum Gasteiger partial charge on any atom is -0.466 e. The molecule has 1 fully saturated rings. The molecule has 0 spiro atoms. The maximum Gasteiger partial charge on any atom is 0.446 e. The number of ether oxygens (including phenoxy) is 1.